The number of rotatable bonds is 2. The molecular weight excluding hydrogens is 214 g/mol. The van der Waals surface area contributed by atoms with E-state index in [1.807, 2.05) is 18.2 Å². The van der Waals surface area contributed by atoms with E-state index in [0.29, 0.717) is 5.92 Å². The number of aliphatic hydroxyl groups is 1. The van der Waals surface area contributed by atoms with Crippen LogP contribution >= 0.6 is 0 Å². The highest BCUT2D eigenvalue weighted by atomic mass is 16.5. The Bertz CT molecular complexity index is 401. The molecule has 2 rings (SSSR count). The quantitative estimate of drug-likeness (QED) is 0.855. The lowest BCUT2D eigenvalue weighted by Gasteiger charge is -2.36. The molecule has 2 unspecified atom stereocenters. The predicted molar refractivity (Wildman–Crippen MR) is 69.6 cm³/mol. The zero-order chi connectivity index (χ0) is 12.6. The van der Waals surface area contributed by atoms with Crippen LogP contribution in [0.25, 0.3) is 0 Å². The minimum absolute atomic E-state index is 0.241. The number of ether oxygens (including phenoxy) is 1. The molecule has 1 aromatic rings. The van der Waals surface area contributed by atoms with Gasteiger partial charge in [0.1, 0.15) is 11.9 Å². The van der Waals surface area contributed by atoms with Crippen LogP contribution in [0.1, 0.15) is 32.4 Å². The smallest absolute Gasteiger partial charge is 0.143 e. The molecule has 0 bridgehead atoms. The van der Waals surface area contributed by atoms with Crippen molar-refractivity contribution in [2.45, 2.75) is 33.0 Å². The van der Waals surface area contributed by atoms with E-state index in [1.165, 1.54) is 0 Å². The van der Waals surface area contributed by atoms with Gasteiger partial charge in [0.25, 0.3) is 0 Å². The Labute approximate surface area is 103 Å². The number of likely N-dealkylation sites (N-methyl/N-ethyl adjacent to an activating group) is 1. The molecule has 0 saturated heterocycles. The molecule has 1 aliphatic rings. The number of hydrogen-bond donors (Lipinski definition) is 1. The number of benzene rings is 1. The molecule has 0 fully saturated rings. The van der Waals surface area contributed by atoms with E-state index in [2.05, 4.69) is 25.8 Å². The maximum Gasteiger partial charge on any atom is 0.143 e. The molecule has 0 aliphatic carbocycles. The van der Waals surface area contributed by atoms with E-state index < -0.39 is 6.10 Å². The van der Waals surface area contributed by atoms with Gasteiger partial charge in [-0.15, -0.1) is 0 Å². The minimum atomic E-state index is -0.434. The van der Waals surface area contributed by atoms with Crippen molar-refractivity contribution in [2.24, 2.45) is 5.92 Å². The monoisotopic (exact) mass is 235 g/mol. The third-order valence-electron chi connectivity index (χ3n) is 3.35. The molecule has 1 N–H and O–H groups in total. The minimum Gasteiger partial charge on any atom is -0.486 e. The van der Waals surface area contributed by atoms with Crippen LogP contribution in [0.5, 0.6) is 5.75 Å². The van der Waals surface area contributed by atoms with Gasteiger partial charge in [-0.2, -0.15) is 0 Å². The first-order valence-corrected chi connectivity index (χ1v) is 6.19. The van der Waals surface area contributed by atoms with Crippen molar-refractivity contribution >= 4 is 5.69 Å². The van der Waals surface area contributed by atoms with Crippen LogP contribution in [0.3, 0.4) is 0 Å². The molecule has 0 amide bonds. The highest BCUT2D eigenvalue weighted by Gasteiger charge is 2.26. The molecule has 1 aromatic carbocycles. The molecule has 1 aliphatic heterocycles. The number of aliphatic hydroxyl groups excluding tert-OH is 1. The first-order chi connectivity index (χ1) is 7.99. The first kappa shape index (κ1) is 12.2. The molecule has 0 radical (unpaired) electrons. The molecule has 0 aromatic heterocycles. The fourth-order valence-corrected chi connectivity index (χ4v) is 2.11. The number of hydrogen-bond acceptors (Lipinski definition) is 3. The van der Waals surface area contributed by atoms with Gasteiger partial charge in [-0.25, -0.2) is 0 Å². The normalized spacial score (nSPS) is 21.1. The molecule has 94 valence electrons. The fraction of sp³-hybridized carbons (Fsp3) is 0.571. The first-order valence-electron chi connectivity index (χ1n) is 6.19. The van der Waals surface area contributed by atoms with Gasteiger partial charge in [0.2, 0.25) is 0 Å². The summed E-state index contributed by atoms with van der Waals surface area (Å²) in [7, 11) is 2.07. The molecule has 3 nitrogen and oxygen atoms in total. The second kappa shape index (κ2) is 4.57. The van der Waals surface area contributed by atoms with Crippen molar-refractivity contribution in [2.75, 3.05) is 18.5 Å². The molecule has 3 heteroatoms. The summed E-state index contributed by atoms with van der Waals surface area (Å²) >= 11 is 0. The number of fused-ring (bicyclic) bond motifs is 1. The van der Waals surface area contributed by atoms with E-state index >= 15 is 0 Å². The Morgan fingerprint density at radius 2 is 2.06 bits per heavy atom. The van der Waals surface area contributed by atoms with Gasteiger partial charge in [0.15, 0.2) is 0 Å². The van der Waals surface area contributed by atoms with Crippen LogP contribution in [0.4, 0.5) is 5.69 Å². The van der Waals surface area contributed by atoms with Crippen LogP contribution in [0.2, 0.25) is 0 Å². The Balaban J connectivity index is 2.32. The van der Waals surface area contributed by atoms with Crippen LogP contribution in [-0.4, -0.2) is 24.8 Å². The Kier molecular flexibility index (Phi) is 3.29. The highest BCUT2D eigenvalue weighted by molar-refractivity contribution is 5.61. The Morgan fingerprint density at radius 3 is 2.65 bits per heavy atom. The van der Waals surface area contributed by atoms with Crippen molar-refractivity contribution in [3.63, 3.8) is 0 Å². The summed E-state index contributed by atoms with van der Waals surface area (Å²) in [6.07, 6.45) is -0.193. The van der Waals surface area contributed by atoms with Gasteiger partial charge in [0.05, 0.1) is 18.3 Å². The lowest BCUT2D eigenvalue weighted by atomic mass is 10.0. The lowest BCUT2D eigenvalue weighted by molar-refractivity contribution is 0.147. The molecule has 2 atom stereocenters. The average molecular weight is 235 g/mol. The maximum atomic E-state index is 9.59. The third kappa shape index (κ3) is 2.39. The highest BCUT2D eigenvalue weighted by Crippen LogP contribution is 2.36. The summed E-state index contributed by atoms with van der Waals surface area (Å²) in [4.78, 5) is 2.20. The van der Waals surface area contributed by atoms with Crippen LogP contribution in [0, 0.1) is 5.92 Å². The second-order valence-corrected chi connectivity index (χ2v) is 5.18. The summed E-state index contributed by atoms with van der Waals surface area (Å²) < 4.78 is 5.98. The maximum absolute atomic E-state index is 9.59. The van der Waals surface area contributed by atoms with E-state index in [-0.39, 0.29) is 6.10 Å². The topological polar surface area (TPSA) is 32.7 Å². The molecule has 1 heterocycles. The number of nitrogens with zero attached hydrogens (tertiary/aromatic N) is 1. The second-order valence-electron chi connectivity index (χ2n) is 5.18. The predicted octanol–water partition coefficient (Wildman–Crippen LogP) is 2.59. The van der Waals surface area contributed by atoms with Crippen LogP contribution in [0.15, 0.2) is 18.2 Å². The standard InChI is InChI=1S/C14H21NO2/c1-9(2)14-8-15(4)12-7-11(10(3)16)5-6-13(12)17-14/h5-7,9-10,14,16H,8H2,1-4H3. The molecular formula is C14H21NO2. The summed E-state index contributed by atoms with van der Waals surface area (Å²) in [5.74, 6) is 1.42. The molecule has 17 heavy (non-hydrogen) atoms. The SMILES string of the molecule is CC(O)c1ccc2c(c1)N(C)CC(C(C)C)O2. The molecule has 0 spiro atoms. The van der Waals surface area contributed by atoms with Gasteiger partial charge in [-0.3, -0.25) is 0 Å². The summed E-state index contributed by atoms with van der Waals surface area (Å²) in [6.45, 7) is 7.03. The van der Waals surface area contributed by atoms with Gasteiger partial charge in [0, 0.05) is 7.05 Å². The summed E-state index contributed by atoms with van der Waals surface area (Å²) in [5, 5.41) is 9.59. The van der Waals surface area contributed by atoms with Gasteiger partial charge >= 0.3 is 0 Å². The Hall–Kier alpha value is -1.22. The van der Waals surface area contributed by atoms with Crippen molar-refractivity contribution in [3.8, 4) is 5.75 Å². The molecule has 0 saturated carbocycles. The lowest BCUT2D eigenvalue weighted by Crippen LogP contribution is -2.40. The Morgan fingerprint density at radius 1 is 1.35 bits per heavy atom. The van der Waals surface area contributed by atoms with Gasteiger partial charge in [-0.05, 0) is 30.5 Å². The van der Waals surface area contributed by atoms with Crippen molar-refractivity contribution in [3.05, 3.63) is 23.8 Å². The van der Waals surface area contributed by atoms with E-state index in [9.17, 15) is 5.11 Å². The van der Waals surface area contributed by atoms with E-state index in [1.54, 1.807) is 6.92 Å². The van der Waals surface area contributed by atoms with Crippen molar-refractivity contribution < 1.29 is 9.84 Å². The van der Waals surface area contributed by atoms with Gasteiger partial charge < -0.3 is 14.7 Å². The van der Waals surface area contributed by atoms with Crippen LogP contribution < -0.4 is 9.64 Å². The summed E-state index contributed by atoms with van der Waals surface area (Å²) in [6, 6.07) is 5.90. The zero-order valence-corrected chi connectivity index (χ0v) is 11.0. The van der Waals surface area contributed by atoms with Gasteiger partial charge in [-0.1, -0.05) is 19.9 Å². The largest absolute Gasteiger partial charge is 0.486 e. The van der Waals surface area contributed by atoms with E-state index in [4.69, 9.17) is 4.74 Å². The third-order valence-corrected chi connectivity index (χ3v) is 3.35. The van der Waals surface area contributed by atoms with Crippen molar-refractivity contribution in [1.29, 1.82) is 0 Å². The average Bonchev–Trinajstić information content (AvgIpc) is 2.28. The van der Waals surface area contributed by atoms with Crippen molar-refractivity contribution in [1.82, 2.24) is 0 Å². The fourth-order valence-electron chi connectivity index (χ4n) is 2.11. The van der Waals surface area contributed by atoms with E-state index in [0.717, 1.165) is 23.5 Å². The zero-order valence-electron chi connectivity index (χ0n) is 11.0. The number of anilines is 1. The van der Waals surface area contributed by atoms with Crippen LogP contribution in [-0.2, 0) is 0 Å². The summed E-state index contributed by atoms with van der Waals surface area (Å²) in [5.41, 5.74) is 2.00.